The molecule has 4 heterocycles. The quantitative estimate of drug-likeness (QED) is 0.695. The Balaban J connectivity index is 1.35. The molecule has 3 aromatic rings. The average Bonchev–Trinajstić information content (AvgIpc) is 3.37. The topological polar surface area (TPSA) is 80.0 Å². The number of amides is 1. The van der Waals surface area contributed by atoms with Gasteiger partial charge in [-0.05, 0) is 50.9 Å². The molecule has 3 aromatic heterocycles. The van der Waals surface area contributed by atoms with Crippen LogP contribution in [-0.2, 0) is 11.2 Å². The Morgan fingerprint density at radius 1 is 1.38 bits per heavy atom. The number of rotatable bonds is 5. The van der Waals surface area contributed by atoms with Gasteiger partial charge >= 0.3 is 0 Å². The monoisotopic (exact) mass is 388 g/mol. The Morgan fingerprint density at radius 2 is 2.23 bits per heavy atom. The molecule has 136 valence electrons. The highest BCUT2D eigenvalue weighted by molar-refractivity contribution is 7.15. The van der Waals surface area contributed by atoms with Gasteiger partial charge in [-0.3, -0.25) is 4.79 Å². The van der Waals surface area contributed by atoms with E-state index in [9.17, 15) is 4.79 Å². The van der Waals surface area contributed by atoms with Gasteiger partial charge in [0, 0.05) is 16.5 Å². The third-order valence-corrected chi connectivity index (χ3v) is 6.34. The highest BCUT2D eigenvalue weighted by Gasteiger charge is 2.18. The lowest BCUT2D eigenvalue weighted by Crippen LogP contribution is -2.26. The van der Waals surface area contributed by atoms with Gasteiger partial charge in [-0.15, -0.1) is 22.7 Å². The number of carbonyl (C=O) groups excluding carboxylic acids is 1. The summed E-state index contributed by atoms with van der Waals surface area (Å²) in [5.41, 5.74) is 0.742. The highest BCUT2D eigenvalue weighted by Crippen LogP contribution is 2.32. The number of aryl methyl sites for hydroxylation is 1. The number of piperidine rings is 1. The van der Waals surface area contributed by atoms with Gasteiger partial charge in [-0.2, -0.15) is 0 Å². The van der Waals surface area contributed by atoms with Crippen molar-refractivity contribution < 1.29 is 9.21 Å². The predicted molar refractivity (Wildman–Crippen MR) is 104 cm³/mol. The number of anilines is 1. The third kappa shape index (κ3) is 4.03. The summed E-state index contributed by atoms with van der Waals surface area (Å²) in [6.45, 7) is 3.99. The summed E-state index contributed by atoms with van der Waals surface area (Å²) < 4.78 is 5.58. The van der Waals surface area contributed by atoms with Crippen molar-refractivity contribution in [3.8, 4) is 10.8 Å². The summed E-state index contributed by atoms with van der Waals surface area (Å²) >= 11 is 3.06. The van der Waals surface area contributed by atoms with Gasteiger partial charge < -0.3 is 15.1 Å². The third-order valence-electron chi connectivity index (χ3n) is 4.36. The van der Waals surface area contributed by atoms with Crippen LogP contribution in [0.25, 0.3) is 10.8 Å². The van der Waals surface area contributed by atoms with Crippen molar-refractivity contribution in [1.29, 1.82) is 0 Å². The molecule has 0 radical (unpaired) electrons. The van der Waals surface area contributed by atoms with Crippen molar-refractivity contribution in [3.63, 3.8) is 0 Å². The molecule has 0 unspecified atom stereocenters. The van der Waals surface area contributed by atoms with Crippen LogP contribution in [0.15, 0.2) is 28.1 Å². The summed E-state index contributed by atoms with van der Waals surface area (Å²) in [6, 6.07) is 3.81. The first-order chi connectivity index (χ1) is 12.7. The van der Waals surface area contributed by atoms with E-state index in [-0.39, 0.29) is 12.3 Å². The first-order valence-electron chi connectivity index (χ1n) is 8.65. The number of aromatic nitrogens is 2. The first-order valence-corrected chi connectivity index (χ1v) is 10.3. The van der Waals surface area contributed by atoms with E-state index < -0.39 is 0 Å². The molecule has 0 aliphatic carbocycles. The minimum Gasteiger partial charge on any atom is -0.459 e. The average molecular weight is 389 g/mol. The second kappa shape index (κ2) is 7.69. The van der Waals surface area contributed by atoms with Crippen molar-refractivity contribution in [1.82, 2.24) is 15.3 Å². The lowest BCUT2D eigenvalue weighted by atomic mass is 9.97. The first kappa shape index (κ1) is 17.4. The number of furan rings is 1. The number of carbonyl (C=O) groups is 1. The molecule has 1 aliphatic rings. The predicted octanol–water partition coefficient (Wildman–Crippen LogP) is 3.82. The van der Waals surface area contributed by atoms with E-state index in [1.54, 1.807) is 11.3 Å². The Hall–Kier alpha value is -2.03. The second-order valence-corrected chi connectivity index (χ2v) is 8.29. The summed E-state index contributed by atoms with van der Waals surface area (Å²) in [5.74, 6) is 2.05. The van der Waals surface area contributed by atoms with Gasteiger partial charge in [0.05, 0.1) is 12.1 Å². The molecule has 26 heavy (non-hydrogen) atoms. The Labute approximate surface area is 159 Å². The highest BCUT2D eigenvalue weighted by atomic mass is 32.1. The fourth-order valence-corrected chi connectivity index (χ4v) is 4.80. The number of thiazole rings is 2. The zero-order valence-electron chi connectivity index (χ0n) is 14.4. The van der Waals surface area contributed by atoms with E-state index in [4.69, 9.17) is 4.42 Å². The second-order valence-electron chi connectivity index (χ2n) is 6.37. The molecule has 6 nitrogen and oxygen atoms in total. The van der Waals surface area contributed by atoms with Crippen LogP contribution in [0.2, 0.25) is 0 Å². The van der Waals surface area contributed by atoms with E-state index >= 15 is 0 Å². The maximum atomic E-state index is 12.3. The molecular weight excluding hydrogens is 368 g/mol. The van der Waals surface area contributed by atoms with E-state index in [1.165, 1.54) is 16.2 Å². The van der Waals surface area contributed by atoms with Gasteiger partial charge in [0.2, 0.25) is 5.91 Å². The van der Waals surface area contributed by atoms with E-state index in [0.717, 1.165) is 48.2 Å². The minimum atomic E-state index is -0.0938. The van der Waals surface area contributed by atoms with Crippen LogP contribution >= 0.6 is 22.7 Å². The normalized spacial score (nSPS) is 15.3. The number of hydrogen-bond donors (Lipinski definition) is 2. The van der Waals surface area contributed by atoms with Gasteiger partial charge in [0.1, 0.15) is 5.76 Å². The van der Waals surface area contributed by atoms with Crippen molar-refractivity contribution in [2.45, 2.75) is 32.1 Å². The maximum Gasteiger partial charge on any atom is 0.232 e. The van der Waals surface area contributed by atoms with E-state index in [1.807, 2.05) is 30.6 Å². The van der Waals surface area contributed by atoms with Crippen molar-refractivity contribution in [3.05, 3.63) is 40.0 Å². The lowest BCUT2D eigenvalue weighted by molar-refractivity contribution is -0.115. The summed E-state index contributed by atoms with van der Waals surface area (Å²) in [5, 5.41) is 9.62. The van der Waals surface area contributed by atoms with E-state index in [2.05, 4.69) is 20.6 Å². The molecule has 1 aliphatic heterocycles. The molecule has 1 fully saturated rings. The molecule has 1 saturated heterocycles. The van der Waals surface area contributed by atoms with Crippen LogP contribution in [0.4, 0.5) is 5.13 Å². The minimum absolute atomic E-state index is 0.0938. The standard InChI is InChI=1S/C18H20N4O2S2/c1-11-2-3-14(24-11)17-21-13(10-25-17)8-16(23)22-18-20-9-15(26-18)12-4-6-19-7-5-12/h2-3,9-10,12,19H,4-8H2,1H3,(H,20,22,23). The van der Waals surface area contributed by atoms with Crippen LogP contribution in [0.3, 0.4) is 0 Å². The zero-order valence-corrected chi connectivity index (χ0v) is 16.1. The number of hydrogen-bond acceptors (Lipinski definition) is 7. The Kier molecular flexibility index (Phi) is 5.14. The Morgan fingerprint density at radius 3 is 3.00 bits per heavy atom. The van der Waals surface area contributed by atoms with Gasteiger partial charge in [-0.25, -0.2) is 9.97 Å². The van der Waals surface area contributed by atoms with Crippen molar-refractivity contribution in [2.24, 2.45) is 0 Å². The fraction of sp³-hybridized carbons (Fsp3) is 0.389. The van der Waals surface area contributed by atoms with Crippen LogP contribution < -0.4 is 10.6 Å². The molecule has 0 spiro atoms. The van der Waals surface area contributed by atoms with Gasteiger partial charge in [0.15, 0.2) is 15.9 Å². The largest absolute Gasteiger partial charge is 0.459 e. The molecule has 0 saturated carbocycles. The summed E-state index contributed by atoms with van der Waals surface area (Å²) in [4.78, 5) is 22.4. The molecule has 1 amide bonds. The van der Waals surface area contributed by atoms with Crippen LogP contribution in [0, 0.1) is 6.92 Å². The maximum absolute atomic E-state index is 12.3. The van der Waals surface area contributed by atoms with E-state index in [0.29, 0.717) is 11.0 Å². The molecule has 0 bridgehead atoms. The van der Waals surface area contributed by atoms with Crippen molar-refractivity contribution >= 4 is 33.7 Å². The van der Waals surface area contributed by atoms with Gasteiger partial charge in [0.25, 0.3) is 0 Å². The zero-order chi connectivity index (χ0) is 17.9. The van der Waals surface area contributed by atoms with Crippen LogP contribution in [0.5, 0.6) is 0 Å². The molecular formula is C18H20N4O2S2. The molecule has 4 rings (SSSR count). The molecule has 8 heteroatoms. The summed E-state index contributed by atoms with van der Waals surface area (Å²) in [7, 11) is 0. The lowest BCUT2D eigenvalue weighted by Gasteiger charge is -2.20. The number of nitrogens with zero attached hydrogens (tertiary/aromatic N) is 2. The molecule has 2 N–H and O–H groups in total. The fourth-order valence-electron chi connectivity index (χ4n) is 3.02. The van der Waals surface area contributed by atoms with Crippen LogP contribution in [0.1, 0.15) is 35.1 Å². The Bertz CT molecular complexity index is 893. The van der Waals surface area contributed by atoms with Crippen LogP contribution in [-0.4, -0.2) is 29.0 Å². The molecule has 0 atom stereocenters. The number of nitrogens with one attached hydrogen (secondary N) is 2. The summed E-state index contributed by atoms with van der Waals surface area (Å²) in [6.07, 6.45) is 4.39. The molecule has 0 aromatic carbocycles. The smallest absolute Gasteiger partial charge is 0.232 e. The van der Waals surface area contributed by atoms with Gasteiger partial charge in [-0.1, -0.05) is 0 Å². The SMILES string of the molecule is Cc1ccc(-c2nc(CC(=O)Nc3ncc(C4CCNCC4)s3)cs2)o1. The van der Waals surface area contributed by atoms with Crippen molar-refractivity contribution in [2.75, 3.05) is 18.4 Å².